The van der Waals surface area contributed by atoms with Crippen LogP contribution in [0.1, 0.15) is 44.6 Å². The molecule has 0 heterocycles. The Kier molecular flexibility index (Phi) is 26.6. The van der Waals surface area contributed by atoms with Crippen molar-refractivity contribution >= 4 is 59.2 Å². The Balaban J connectivity index is -0.000000280. The lowest BCUT2D eigenvalue weighted by atomic mass is 11.7. The van der Waals surface area contributed by atoms with Crippen LogP contribution in [-0.4, -0.2) is 65.4 Å². The standard InChI is InChI=1S/C17H50O6Si7.6CH4/c1-24(2,3)19-27(10,11)18-17-30(16,22-28(12,13)20-25(4,5)6)23-29(14,15)21-26(7,8)9;;;;;;/h17H2,1-16H3;6*1H4. The monoisotopic (exact) mass is 642 g/mol. The summed E-state index contributed by atoms with van der Waals surface area (Å²) in [5.41, 5.74) is 0. The van der Waals surface area contributed by atoms with Gasteiger partial charge in [-0.15, -0.1) is 0 Å². The van der Waals surface area contributed by atoms with Gasteiger partial charge in [0.25, 0.3) is 0 Å². The molecule has 0 bridgehead atoms. The lowest BCUT2D eigenvalue weighted by Crippen LogP contribution is -2.62. The average Bonchev–Trinajstić information content (AvgIpc) is 2.24. The molecule has 0 spiro atoms. The van der Waals surface area contributed by atoms with E-state index in [1.165, 1.54) is 0 Å². The van der Waals surface area contributed by atoms with Crippen molar-refractivity contribution in [1.82, 2.24) is 0 Å². The van der Waals surface area contributed by atoms with E-state index in [9.17, 15) is 0 Å². The van der Waals surface area contributed by atoms with Crippen LogP contribution < -0.4 is 0 Å². The van der Waals surface area contributed by atoms with E-state index >= 15 is 0 Å². The van der Waals surface area contributed by atoms with Gasteiger partial charge in [0.2, 0.25) is 0 Å². The molecule has 6 nitrogen and oxygen atoms in total. The van der Waals surface area contributed by atoms with Gasteiger partial charge < -0.3 is 25.0 Å². The summed E-state index contributed by atoms with van der Waals surface area (Å²) in [4.78, 5) is 0. The third-order valence-electron chi connectivity index (χ3n) is 3.26. The molecular weight excluding hydrogens is 569 g/mol. The topological polar surface area (TPSA) is 55.4 Å². The second kappa shape index (κ2) is 17.9. The Morgan fingerprint density at radius 3 is 0.778 bits per heavy atom. The largest absolute Gasteiger partial charge is 0.437 e. The van der Waals surface area contributed by atoms with E-state index in [2.05, 4.69) is 105 Å². The van der Waals surface area contributed by atoms with Crippen LogP contribution in [0.4, 0.5) is 0 Å². The molecule has 0 rings (SSSR count). The lowest BCUT2D eigenvalue weighted by Gasteiger charge is -2.43. The molecule has 0 saturated heterocycles. The van der Waals surface area contributed by atoms with Crippen LogP contribution in [0.15, 0.2) is 0 Å². The second-order valence-corrected chi connectivity index (χ2v) is 40.5. The highest BCUT2D eigenvalue weighted by Crippen LogP contribution is 2.27. The van der Waals surface area contributed by atoms with Crippen LogP contribution in [-0.2, 0) is 25.0 Å². The first kappa shape index (κ1) is 53.5. The van der Waals surface area contributed by atoms with E-state index in [0.29, 0.717) is 6.23 Å². The third-order valence-corrected chi connectivity index (χ3v) is 25.7. The summed E-state index contributed by atoms with van der Waals surface area (Å²) in [6.45, 7) is 34.6. The quantitative estimate of drug-likeness (QED) is 0.186. The van der Waals surface area contributed by atoms with Crippen molar-refractivity contribution in [3.63, 3.8) is 0 Å². The van der Waals surface area contributed by atoms with Crippen LogP contribution in [0.5, 0.6) is 0 Å². The molecule has 0 aromatic heterocycles. The fourth-order valence-corrected chi connectivity index (χ4v) is 34.5. The van der Waals surface area contributed by atoms with Gasteiger partial charge in [0, 0.05) is 0 Å². The van der Waals surface area contributed by atoms with Crippen molar-refractivity contribution in [3.8, 4) is 0 Å². The minimum absolute atomic E-state index is 0. The van der Waals surface area contributed by atoms with E-state index in [1.54, 1.807) is 0 Å². The molecule has 0 aromatic carbocycles. The molecule has 0 aliphatic rings. The van der Waals surface area contributed by atoms with Crippen molar-refractivity contribution in [1.29, 1.82) is 0 Å². The van der Waals surface area contributed by atoms with Crippen molar-refractivity contribution in [3.05, 3.63) is 0 Å². The number of hydrogen-bond donors (Lipinski definition) is 0. The van der Waals surface area contributed by atoms with Crippen LogP contribution in [0, 0.1) is 0 Å². The van der Waals surface area contributed by atoms with E-state index in [1.807, 2.05) is 0 Å². The van der Waals surface area contributed by atoms with E-state index in [-0.39, 0.29) is 44.6 Å². The zero-order chi connectivity index (χ0) is 24.4. The summed E-state index contributed by atoms with van der Waals surface area (Å²) in [7, 11) is -15.0. The Bertz CT molecular complexity index is 525. The van der Waals surface area contributed by atoms with Gasteiger partial charge in [-0.25, -0.2) is 0 Å². The molecule has 0 amide bonds. The van der Waals surface area contributed by atoms with E-state index < -0.39 is 59.2 Å². The molecular formula is C23H74O6Si7. The summed E-state index contributed by atoms with van der Waals surface area (Å²) in [5, 5.41) is 0. The molecule has 0 N–H and O–H groups in total. The summed E-state index contributed by atoms with van der Waals surface area (Å²) in [6.07, 6.45) is 0.438. The van der Waals surface area contributed by atoms with Crippen molar-refractivity contribution < 1.29 is 25.0 Å². The predicted molar refractivity (Wildman–Crippen MR) is 186 cm³/mol. The number of hydrogen-bond acceptors (Lipinski definition) is 6. The van der Waals surface area contributed by atoms with Crippen LogP contribution >= 0.6 is 0 Å². The van der Waals surface area contributed by atoms with Crippen molar-refractivity contribution in [2.75, 3.05) is 6.23 Å². The maximum Gasteiger partial charge on any atom is 0.342 e. The van der Waals surface area contributed by atoms with Gasteiger partial charge in [-0.3, -0.25) is 0 Å². The first-order valence-corrected chi connectivity index (χ1v) is 32.1. The smallest absolute Gasteiger partial charge is 0.342 e. The van der Waals surface area contributed by atoms with Gasteiger partial charge in [0.15, 0.2) is 25.0 Å². The van der Waals surface area contributed by atoms with Crippen molar-refractivity contribution in [2.24, 2.45) is 0 Å². The van der Waals surface area contributed by atoms with Crippen LogP contribution in [0.2, 0.25) is 105 Å². The highest BCUT2D eigenvalue weighted by atomic mass is 28.5. The SMILES string of the molecule is C.C.C.C.C.C.C[Si](C)(C)O[Si](C)(C)OC[Si](C)(O[Si](C)(C)O[Si](C)(C)C)O[Si](C)(C)O[Si](C)(C)C. The van der Waals surface area contributed by atoms with E-state index in [4.69, 9.17) is 25.0 Å². The highest BCUT2D eigenvalue weighted by molar-refractivity contribution is 6.91. The zero-order valence-corrected chi connectivity index (χ0v) is 29.7. The van der Waals surface area contributed by atoms with Gasteiger partial charge in [-0.1, -0.05) is 44.6 Å². The van der Waals surface area contributed by atoms with Gasteiger partial charge >= 0.3 is 34.2 Å². The Hall–Kier alpha value is 1.28. The normalized spacial score (nSPS) is 13.0. The minimum Gasteiger partial charge on any atom is -0.437 e. The Morgan fingerprint density at radius 2 is 0.556 bits per heavy atom. The first-order chi connectivity index (χ1) is 12.7. The molecule has 0 fully saturated rings. The average molecular weight is 643 g/mol. The van der Waals surface area contributed by atoms with Gasteiger partial charge in [-0.2, -0.15) is 0 Å². The third kappa shape index (κ3) is 28.3. The summed E-state index contributed by atoms with van der Waals surface area (Å²) < 4.78 is 39.3. The van der Waals surface area contributed by atoms with Gasteiger partial charge in [-0.05, 0) is 105 Å². The van der Waals surface area contributed by atoms with Crippen LogP contribution in [0.25, 0.3) is 0 Å². The molecule has 0 aromatic rings. The number of rotatable bonds is 13. The fourth-order valence-electron chi connectivity index (χ4n) is 3.71. The maximum atomic E-state index is 6.77. The summed E-state index contributed by atoms with van der Waals surface area (Å²) in [6, 6.07) is 0. The lowest BCUT2D eigenvalue weighted by molar-refractivity contribution is 0.223. The van der Waals surface area contributed by atoms with E-state index in [0.717, 1.165) is 0 Å². The second-order valence-electron chi connectivity index (χ2n) is 12.5. The molecule has 0 aliphatic heterocycles. The van der Waals surface area contributed by atoms with Crippen LogP contribution in [0.3, 0.4) is 0 Å². The molecule has 0 radical (unpaired) electrons. The molecule has 0 atom stereocenters. The Labute approximate surface area is 239 Å². The maximum absolute atomic E-state index is 6.77. The zero-order valence-electron chi connectivity index (χ0n) is 22.7. The minimum atomic E-state index is -2.74. The molecule has 36 heavy (non-hydrogen) atoms. The molecule has 13 heteroatoms. The molecule has 0 unspecified atom stereocenters. The Morgan fingerprint density at radius 1 is 0.333 bits per heavy atom. The van der Waals surface area contributed by atoms with Gasteiger partial charge in [0.05, 0.1) is 6.23 Å². The molecule has 0 saturated carbocycles. The summed E-state index contributed by atoms with van der Waals surface area (Å²) in [5.74, 6) is 0. The summed E-state index contributed by atoms with van der Waals surface area (Å²) >= 11 is 0. The highest BCUT2D eigenvalue weighted by Gasteiger charge is 2.49. The fraction of sp³-hybridized carbons (Fsp3) is 1.00. The molecule has 0 aliphatic carbocycles. The van der Waals surface area contributed by atoms with Crippen molar-refractivity contribution in [2.45, 2.75) is 149 Å². The predicted octanol–water partition coefficient (Wildman–Crippen LogP) is 10.1. The first-order valence-electron chi connectivity index (χ1n) is 10.9. The van der Waals surface area contributed by atoms with Gasteiger partial charge in [0.1, 0.15) is 0 Å². The molecule has 230 valence electrons.